The van der Waals surface area contributed by atoms with Gasteiger partial charge in [-0.15, -0.1) is 15.3 Å². The van der Waals surface area contributed by atoms with Crippen molar-refractivity contribution in [3.05, 3.63) is 53.0 Å². The summed E-state index contributed by atoms with van der Waals surface area (Å²) in [6.45, 7) is -1.03. The van der Waals surface area contributed by atoms with Crippen LogP contribution in [-0.2, 0) is 13.1 Å². The summed E-state index contributed by atoms with van der Waals surface area (Å²) in [6.07, 6.45) is -4.96. The van der Waals surface area contributed by atoms with Crippen LogP contribution in [0, 0.1) is 0 Å². The molecule has 20 heteroatoms. The van der Waals surface area contributed by atoms with E-state index in [0.29, 0.717) is 29.7 Å². The highest BCUT2D eigenvalue weighted by Gasteiger charge is 2.15. The summed E-state index contributed by atoms with van der Waals surface area (Å²) >= 11 is 20.8. The standard InChI is InChI=1S/C10H7BrClF2N3O.C4H3Br2F2N3.C2HBr2N3/c11-9-15-10(17(16-9)5-8(13)14)18-7-3-1-2-6(12)4-7;5-3-9-4(6)11(10-3)1-2(7)8;3-1-5-2(4)7-6-1/h1-4,8H,5H2;2H,1H2;(H,5,6,7). The highest BCUT2D eigenvalue weighted by Crippen LogP contribution is 2.24. The Morgan fingerprint density at radius 1 is 0.861 bits per heavy atom. The molecule has 0 fully saturated rings. The summed E-state index contributed by atoms with van der Waals surface area (Å²) in [7, 11) is 0. The van der Waals surface area contributed by atoms with E-state index in [1.54, 1.807) is 24.3 Å². The lowest BCUT2D eigenvalue weighted by Gasteiger charge is -2.06. The zero-order valence-electron chi connectivity index (χ0n) is 17.1. The van der Waals surface area contributed by atoms with E-state index in [9.17, 15) is 17.6 Å². The van der Waals surface area contributed by atoms with E-state index in [2.05, 4.69) is 115 Å². The smallest absolute Gasteiger partial charge is 0.321 e. The zero-order valence-corrected chi connectivity index (χ0v) is 25.8. The highest BCUT2D eigenvalue weighted by atomic mass is 79.9. The summed E-state index contributed by atoms with van der Waals surface area (Å²) in [4.78, 5) is 11.4. The van der Waals surface area contributed by atoms with Gasteiger partial charge in [0.1, 0.15) is 18.8 Å². The SMILES string of the molecule is Brc1n[nH]c(Br)n1.FC(F)Cn1nc(Br)nc1Br.FC(F)Cn1nc(Br)nc1Oc1cccc(Cl)c1. The fourth-order valence-electron chi connectivity index (χ4n) is 2.03. The van der Waals surface area contributed by atoms with Crippen LogP contribution in [0.4, 0.5) is 17.6 Å². The van der Waals surface area contributed by atoms with E-state index in [-0.39, 0.29) is 10.7 Å². The lowest BCUT2D eigenvalue weighted by molar-refractivity contribution is 0.117. The molecule has 0 aliphatic rings. The first-order valence-electron chi connectivity index (χ1n) is 9.02. The maximum absolute atomic E-state index is 12.3. The Hall–Kier alpha value is -1.15. The van der Waals surface area contributed by atoms with Crippen molar-refractivity contribution in [1.29, 1.82) is 0 Å². The zero-order chi connectivity index (χ0) is 26.8. The molecule has 1 N–H and O–H groups in total. The van der Waals surface area contributed by atoms with Gasteiger partial charge in [-0.2, -0.15) is 15.0 Å². The second-order valence-corrected chi connectivity index (χ2v) is 9.94. The van der Waals surface area contributed by atoms with Crippen LogP contribution in [0.15, 0.2) is 47.9 Å². The van der Waals surface area contributed by atoms with E-state index < -0.39 is 25.9 Å². The van der Waals surface area contributed by atoms with Gasteiger partial charge in [-0.3, -0.25) is 5.10 Å². The van der Waals surface area contributed by atoms with Gasteiger partial charge in [-0.25, -0.2) is 26.9 Å². The van der Waals surface area contributed by atoms with Crippen molar-refractivity contribution in [2.24, 2.45) is 0 Å². The number of halogens is 10. The van der Waals surface area contributed by atoms with Crippen molar-refractivity contribution in [1.82, 2.24) is 44.7 Å². The number of hydrogen-bond acceptors (Lipinski definition) is 7. The largest absolute Gasteiger partial charge is 0.424 e. The van der Waals surface area contributed by atoms with E-state index in [1.165, 1.54) is 0 Å². The van der Waals surface area contributed by atoms with Crippen molar-refractivity contribution in [3.63, 3.8) is 0 Å². The molecule has 3 heterocycles. The number of ether oxygens (including phenoxy) is 1. The fraction of sp³-hybridized carbons (Fsp3) is 0.250. The third kappa shape index (κ3) is 11.5. The molecule has 0 radical (unpaired) electrons. The second kappa shape index (κ2) is 15.3. The minimum Gasteiger partial charge on any atom is -0.424 e. The van der Waals surface area contributed by atoms with Gasteiger partial charge in [0.2, 0.25) is 14.2 Å². The van der Waals surface area contributed by atoms with E-state index in [1.807, 2.05) is 0 Å². The maximum Gasteiger partial charge on any atom is 0.321 e. The molecule has 4 aromatic rings. The Balaban J connectivity index is 0.000000214. The number of aromatic amines is 1. The Kier molecular flexibility index (Phi) is 13.2. The normalized spacial score (nSPS) is 10.7. The number of alkyl halides is 4. The average molecular weight is 856 g/mol. The number of rotatable bonds is 6. The quantitative estimate of drug-likeness (QED) is 0.205. The number of H-pyrrole nitrogens is 1. The first-order valence-corrected chi connectivity index (χ1v) is 13.4. The van der Waals surface area contributed by atoms with Crippen molar-refractivity contribution in [2.45, 2.75) is 25.9 Å². The van der Waals surface area contributed by atoms with Gasteiger partial charge in [-0.1, -0.05) is 17.7 Å². The topological polar surface area (TPSA) is 112 Å². The van der Waals surface area contributed by atoms with Crippen molar-refractivity contribution in [3.8, 4) is 11.8 Å². The number of hydrogen-bond donors (Lipinski definition) is 1. The molecule has 4 rings (SSSR count). The summed E-state index contributed by atoms with van der Waals surface area (Å²) in [6, 6.07) is 6.52. The van der Waals surface area contributed by atoms with Gasteiger partial charge in [0.15, 0.2) is 9.47 Å². The molecular weight excluding hydrogens is 845 g/mol. The summed E-state index contributed by atoms with van der Waals surface area (Å²) in [5.74, 6) is 0.401. The monoisotopic (exact) mass is 851 g/mol. The summed E-state index contributed by atoms with van der Waals surface area (Å²) in [5, 5.41) is 14.1. The van der Waals surface area contributed by atoms with Gasteiger partial charge < -0.3 is 4.74 Å². The van der Waals surface area contributed by atoms with Crippen molar-refractivity contribution < 1.29 is 22.3 Å². The van der Waals surface area contributed by atoms with Crippen LogP contribution in [0.5, 0.6) is 11.8 Å². The van der Waals surface area contributed by atoms with Crippen LogP contribution in [0.1, 0.15) is 0 Å². The number of benzene rings is 1. The van der Waals surface area contributed by atoms with E-state index >= 15 is 0 Å². The molecular formula is C16H11Br5ClF4N9O. The molecule has 0 bridgehead atoms. The molecule has 0 saturated carbocycles. The van der Waals surface area contributed by atoms with Crippen LogP contribution in [0.3, 0.4) is 0 Å². The molecule has 0 spiro atoms. The van der Waals surface area contributed by atoms with Crippen molar-refractivity contribution in [2.75, 3.05) is 0 Å². The van der Waals surface area contributed by atoms with Gasteiger partial charge in [0, 0.05) is 5.02 Å². The molecule has 3 aromatic heterocycles. The molecule has 36 heavy (non-hydrogen) atoms. The molecule has 0 atom stereocenters. The predicted octanol–water partition coefficient (Wildman–Crippen LogP) is 7.15. The molecule has 0 aliphatic carbocycles. The summed E-state index contributed by atoms with van der Waals surface area (Å²) in [5.41, 5.74) is 0. The first-order chi connectivity index (χ1) is 16.9. The first kappa shape index (κ1) is 31.1. The minimum absolute atomic E-state index is 0.0237. The third-order valence-electron chi connectivity index (χ3n) is 3.27. The number of nitrogens with one attached hydrogen (secondary N) is 1. The van der Waals surface area contributed by atoms with Crippen LogP contribution < -0.4 is 4.74 Å². The van der Waals surface area contributed by atoms with Gasteiger partial charge in [0.25, 0.3) is 12.9 Å². The molecule has 196 valence electrons. The number of nitrogens with zero attached hydrogens (tertiary/aromatic N) is 8. The van der Waals surface area contributed by atoms with Crippen LogP contribution >= 0.6 is 91.3 Å². The Bertz CT molecular complexity index is 1230. The highest BCUT2D eigenvalue weighted by molar-refractivity contribution is 9.11. The van der Waals surface area contributed by atoms with Gasteiger partial charge >= 0.3 is 6.01 Å². The molecule has 0 amide bonds. The molecule has 0 unspecified atom stereocenters. The van der Waals surface area contributed by atoms with Gasteiger partial charge in [0.05, 0.1) is 0 Å². The fourth-order valence-corrected chi connectivity index (χ4v) is 4.30. The average Bonchev–Trinajstić information content (AvgIpc) is 3.40. The molecule has 0 saturated heterocycles. The molecule has 0 aliphatic heterocycles. The minimum atomic E-state index is -2.54. The second-order valence-electron chi connectivity index (χ2n) is 5.91. The maximum atomic E-state index is 12.3. The lowest BCUT2D eigenvalue weighted by atomic mass is 10.3. The van der Waals surface area contributed by atoms with Crippen LogP contribution in [0.25, 0.3) is 0 Å². The van der Waals surface area contributed by atoms with E-state index in [0.717, 1.165) is 9.36 Å². The van der Waals surface area contributed by atoms with Crippen molar-refractivity contribution >= 4 is 91.3 Å². The third-order valence-corrected chi connectivity index (χ3v) is 5.47. The Morgan fingerprint density at radius 3 is 1.94 bits per heavy atom. The van der Waals surface area contributed by atoms with Gasteiger partial charge in [-0.05, 0) is 97.8 Å². The summed E-state index contributed by atoms with van der Waals surface area (Å²) < 4.78 is 57.6. The Morgan fingerprint density at radius 2 is 1.47 bits per heavy atom. The van der Waals surface area contributed by atoms with E-state index in [4.69, 9.17) is 16.3 Å². The Labute approximate surface area is 247 Å². The van der Waals surface area contributed by atoms with Crippen LogP contribution in [-0.4, -0.2) is 57.6 Å². The van der Waals surface area contributed by atoms with Crippen LogP contribution in [0.2, 0.25) is 5.02 Å². The lowest BCUT2D eigenvalue weighted by Crippen LogP contribution is -2.09. The molecule has 1 aromatic carbocycles. The predicted molar refractivity (Wildman–Crippen MR) is 138 cm³/mol. The molecule has 10 nitrogen and oxygen atoms in total. The number of aromatic nitrogens is 9.